The van der Waals surface area contributed by atoms with Gasteiger partial charge in [0.2, 0.25) is 0 Å². The third kappa shape index (κ3) is 2.91. The van der Waals surface area contributed by atoms with Crippen molar-refractivity contribution in [2.45, 2.75) is 18.4 Å². The summed E-state index contributed by atoms with van der Waals surface area (Å²) in [6, 6.07) is 0. The molecule has 0 radical (unpaired) electrons. The van der Waals surface area contributed by atoms with Gasteiger partial charge in [-0.1, -0.05) is 0 Å². The maximum atomic E-state index is 8.75. The molecule has 0 amide bonds. The lowest BCUT2D eigenvalue weighted by atomic mass is 9.88. The van der Waals surface area contributed by atoms with Gasteiger partial charge in [0.25, 0.3) is 0 Å². The van der Waals surface area contributed by atoms with E-state index in [0.29, 0.717) is 13.1 Å². The average Bonchev–Trinajstić information content (AvgIpc) is 2.18. The maximum Gasteiger partial charge on any atom is 0.0556 e. The van der Waals surface area contributed by atoms with Crippen molar-refractivity contribution in [3.8, 4) is 0 Å². The van der Waals surface area contributed by atoms with E-state index >= 15 is 0 Å². The van der Waals surface area contributed by atoms with Crippen LogP contribution in [0.15, 0.2) is 0 Å². The van der Waals surface area contributed by atoms with Crippen LogP contribution in [0.4, 0.5) is 0 Å². The first kappa shape index (κ1) is 10.9. The van der Waals surface area contributed by atoms with Gasteiger partial charge in [-0.2, -0.15) is 0 Å². The lowest BCUT2D eigenvalue weighted by molar-refractivity contribution is 0.152. The lowest BCUT2D eigenvalue weighted by Gasteiger charge is -2.40. The second kappa shape index (κ2) is 4.91. The molecule has 0 unspecified atom stereocenters. The molecule has 78 valence electrons. The minimum atomic E-state index is 0.0786. The molecule has 4 heteroatoms. The summed E-state index contributed by atoms with van der Waals surface area (Å²) in [5.74, 6) is 0. The number of nitrogens with two attached hydrogens (primary N) is 1. The van der Waals surface area contributed by atoms with Crippen molar-refractivity contribution in [2.75, 3.05) is 39.8 Å². The molecule has 1 saturated heterocycles. The van der Waals surface area contributed by atoms with Crippen LogP contribution in [-0.4, -0.2) is 55.4 Å². The molecule has 4 nitrogen and oxygen atoms in total. The molecule has 1 aliphatic rings. The molecule has 1 heterocycles. The van der Waals surface area contributed by atoms with E-state index in [4.69, 9.17) is 10.8 Å². The Morgan fingerprint density at radius 2 is 2.08 bits per heavy atom. The SMILES string of the molecule is CN1CCC(CN)(NCCO)CC1. The molecule has 0 aliphatic carbocycles. The summed E-state index contributed by atoms with van der Waals surface area (Å²) in [5, 5.41) is 12.1. The number of nitrogens with one attached hydrogen (secondary N) is 1. The Kier molecular flexibility index (Phi) is 4.12. The van der Waals surface area contributed by atoms with Crippen LogP contribution in [0.1, 0.15) is 12.8 Å². The fourth-order valence-electron chi connectivity index (χ4n) is 1.82. The van der Waals surface area contributed by atoms with Gasteiger partial charge >= 0.3 is 0 Å². The van der Waals surface area contributed by atoms with Gasteiger partial charge in [0.15, 0.2) is 0 Å². The molecule has 0 spiro atoms. The zero-order valence-electron chi connectivity index (χ0n) is 8.42. The minimum Gasteiger partial charge on any atom is -0.395 e. The third-order valence-corrected chi connectivity index (χ3v) is 2.95. The predicted octanol–water partition coefficient (Wildman–Crippen LogP) is -1.01. The van der Waals surface area contributed by atoms with E-state index in [1.54, 1.807) is 0 Å². The number of aliphatic hydroxyl groups is 1. The fourth-order valence-corrected chi connectivity index (χ4v) is 1.82. The van der Waals surface area contributed by atoms with Gasteiger partial charge in [0.05, 0.1) is 6.61 Å². The number of hydrogen-bond acceptors (Lipinski definition) is 4. The van der Waals surface area contributed by atoms with Gasteiger partial charge in [0.1, 0.15) is 0 Å². The Bertz CT molecular complexity index is 138. The molecule has 0 aromatic heterocycles. The van der Waals surface area contributed by atoms with Crippen LogP contribution >= 0.6 is 0 Å². The highest BCUT2D eigenvalue weighted by Gasteiger charge is 2.31. The largest absolute Gasteiger partial charge is 0.395 e. The number of aliphatic hydroxyl groups excluding tert-OH is 1. The summed E-state index contributed by atoms with van der Waals surface area (Å²) >= 11 is 0. The van der Waals surface area contributed by atoms with Crippen LogP contribution in [0.5, 0.6) is 0 Å². The van der Waals surface area contributed by atoms with E-state index in [1.165, 1.54) is 0 Å². The number of likely N-dealkylation sites (tertiary alicyclic amines) is 1. The molecule has 1 rings (SSSR count). The average molecular weight is 187 g/mol. The molecule has 1 fully saturated rings. The number of piperidine rings is 1. The monoisotopic (exact) mass is 187 g/mol. The van der Waals surface area contributed by atoms with Crippen molar-refractivity contribution >= 4 is 0 Å². The van der Waals surface area contributed by atoms with Gasteiger partial charge < -0.3 is 21.1 Å². The molecule has 0 atom stereocenters. The zero-order chi connectivity index (χ0) is 9.73. The van der Waals surface area contributed by atoms with Crippen LogP contribution in [0.2, 0.25) is 0 Å². The van der Waals surface area contributed by atoms with Crippen LogP contribution in [0.3, 0.4) is 0 Å². The zero-order valence-corrected chi connectivity index (χ0v) is 8.42. The summed E-state index contributed by atoms with van der Waals surface area (Å²) in [4.78, 5) is 2.31. The topological polar surface area (TPSA) is 61.5 Å². The number of nitrogens with zero attached hydrogens (tertiary/aromatic N) is 1. The quantitative estimate of drug-likeness (QED) is 0.528. The number of rotatable bonds is 4. The fraction of sp³-hybridized carbons (Fsp3) is 1.00. The third-order valence-electron chi connectivity index (χ3n) is 2.95. The van der Waals surface area contributed by atoms with Crippen LogP contribution in [0.25, 0.3) is 0 Å². The summed E-state index contributed by atoms with van der Waals surface area (Å²) < 4.78 is 0. The Hall–Kier alpha value is -0.160. The van der Waals surface area contributed by atoms with Crippen LogP contribution < -0.4 is 11.1 Å². The van der Waals surface area contributed by atoms with Crippen molar-refractivity contribution in [3.05, 3.63) is 0 Å². The molecule has 13 heavy (non-hydrogen) atoms. The molecular formula is C9H21N3O. The van der Waals surface area contributed by atoms with Gasteiger partial charge in [-0.15, -0.1) is 0 Å². The first-order chi connectivity index (χ1) is 6.22. The van der Waals surface area contributed by atoms with Gasteiger partial charge in [0, 0.05) is 18.6 Å². The van der Waals surface area contributed by atoms with E-state index in [-0.39, 0.29) is 12.1 Å². The second-order valence-corrected chi connectivity index (χ2v) is 3.94. The van der Waals surface area contributed by atoms with E-state index in [0.717, 1.165) is 25.9 Å². The van der Waals surface area contributed by atoms with E-state index < -0.39 is 0 Å². The lowest BCUT2D eigenvalue weighted by Crippen LogP contribution is -2.57. The van der Waals surface area contributed by atoms with Crippen molar-refractivity contribution in [2.24, 2.45) is 5.73 Å². The summed E-state index contributed by atoms with van der Waals surface area (Å²) in [6.07, 6.45) is 2.17. The van der Waals surface area contributed by atoms with Gasteiger partial charge in [-0.05, 0) is 33.0 Å². The number of hydrogen-bond donors (Lipinski definition) is 3. The smallest absolute Gasteiger partial charge is 0.0556 e. The van der Waals surface area contributed by atoms with Crippen molar-refractivity contribution in [1.29, 1.82) is 0 Å². The van der Waals surface area contributed by atoms with E-state index in [9.17, 15) is 0 Å². The highest BCUT2D eigenvalue weighted by Crippen LogP contribution is 2.19. The first-order valence-electron chi connectivity index (χ1n) is 4.97. The predicted molar refractivity (Wildman–Crippen MR) is 53.6 cm³/mol. The molecule has 0 aromatic rings. The minimum absolute atomic E-state index is 0.0786. The molecule has 1 aliphatic heterocycles. The molecule has 0 aromatic carbocycles. The Balaban J connectivity index is 2.40. The summed E-state index contributed by atoms with van der Waals surface area (Å²) in [7, 11) is 2.13. The molecule has 0 bridgehead atoms. The van der Waals surface area contributed by atoms with Crippen molar-refractivity contribution in [1.82, 2.24) is 10.2 Å². The van der Waals surface area contributed by atoms with Crippen LogP contribution in [0, 0.1) is 0 Å². The van der Waals surface area contributed by atoms with Crippen molar-refractivity contribution in [3.63, 3.8) is 0 Å². The second-order valence-electron chi connectivity index (χ2n) is 3.94. The highest BCUT2D eigenvalue weighted by molar-refractivity contribution is 4.93. The van der Waals surface area contributed by atoms with Gasteiger partial charge in [-0.25, -0.2) is 0 Å². The maximum absolute atomic E-state index is 8.75. The summed E-state index contributed by atoms with van der Waals surface area (Å²) in [5.41, 5.74) is 5.84. The Morgan fingerprint density at radius 3 is 2.54 bits per heavy atom. The molecule has 0 saturated carbocycles. The molecular weight excluding hydrogens is 166 g/mol. The van der Waals surface area contributed by atoms with E-state index in [2.05, 4.69) is 17.3 Å². The molecule has 4 N–H and O–H groups in total. The Morgan fingerprint density at radius 1 is 1.46 bits per heavy atom. The highest BCUT2D eigenvalue weighted by atomic mass is 16.3. The number of β-amino-alcohol motifs (C(OH)–C–C–N with tert-alkyl or cyclic N) is 1. The summed E-state index contributed by atoms with van der Waals surface area (Å²) in [6.45, 7) is 3.70. The van der Waals surface area contributed by atoms with Gasteiger partial charge in [-0.3, -0.25) is 0 Å². The normalized spacial score (nSPS) is 23.3. The van der Waals surface area contributed by atoms with Crippen molar-refractivity contribution < 1.29 is 5.11 Å². The van der Waals surface area contributed by atoms with E-state index in [1.807, 2.05) is 0 Å². The van der Waals surface area contributed by atoms with Crippen LogP contribution in [-0.2, 0) is 0 Å². The Labute approximate surface area is 80.1 Å². The standard InChI is InChI=1S/C9H21N3O/c1-12-5-2-9(8-10,3-6-12)11-4-7-13/h11,13H,2-8,10H2,1H3. The first-order valence-corrected chi connectivity index (χ1v) is 4.97.